The molecule has 25 heavy (non-hydrogen) atoms. The molecule has 1 aromatic heterocycles. The molecule has 3 N–H and O–H groups in total. The normalized spacial score (nSPS) is 13.2. The molecule has 0 aliphatic heterocycles. The van der Waals surface area contributed by atoms with Gasteiger partial charge in [-0.2, -0.15) is 0 Å². The van der Waals surface area contributed by atoms with Crippen molar-refractivity contribution in [3.8, 4) is 5.75 Å². The number of fused-ring (bicyclic) bond motifs is 1. The van der Waals surface area contributed by atoms with Crippen LogP contribution >= 0.6 is 11.3 Å². The number of thiophene rings is 1. The molecule has 5 nitrogen and oxygen atoms in total. The molecule has 132 valence electrons. The minimum atomic E-state index is -0.480. The second kappa shape index (κ2) is 7.70. The van der Waals surface area contributed by atoms with Gasteiger partial charge in [-0.25, -0.2) is 0 Å². The quantitative estimate of drug-likeness (QED) is 0.831. The van der Waals surface area contributed by atoms with E-state index in [1.165, 1.54) is 11.3 Å². The molecule has 0 atom stereocenters. The third-order valence-corrected chi connectivity index (χ3v) is 5.59. The van der Waals surface area contributed by atoms with Crippen LogP contribution in [0.5, 0.6) is 5.75 Å². The van der Waals surface area contributed by atoms with Crippen LogP contribution in [0.15, 0.2) is 24.3 Å². The van der Waals surface area contributed by atoms with Crippen LogP contribution in [0.3, 0.4) is 0 Å². The lowest BCUT2D eigenvalue weighted by molar-refractivity contribution is -0.118. The zero-order valence-electron chi connectivity index (χ0n) is 14.3. The average molecular weight is 358 g/mol. The van der Waals surface area contributed by atoms with Gasteiger partial charge in [0.25, 0.3) is 11.8 Å². The molecule has 1 aliphatic rings. The van der Waals surface area contributed by atoms with Gasteiger partial charge in [0.1, 0.15) is 10.8 Å². The number of carbonyl (C=O) groups is 2. The van der Waals surface area contributed by atoms with Crippen molar-refractivity contribution in [3.05, 3.63) is 45.8 Å². The Labute approximate surface area is 151 Å². The van der Waals surface area contributed by atoms with E-state index in [0.29, 0.717) is 16.3 Å². The zero-order chi connectivity index (χ0) is 17.8. The number of amides is 2. The molecule has 0 saturated carbocycles. The summed E-state index contributed by atoms with van der Waals surface area (Å²) in [5.74, 6) is -0.0558. The summed E-state index contributed by atoms with van der Waals surface area (Å²) >= 11 is 1.46. The highest BCUT2D eigenvalue weighted by Crippen LogP contribution is 2.37. The van der Waals surface area contributed by atoms with Crippen molar-refractivity contribution in [2.24, 2.45) is 5.73 Å². The van der Waals surface area contributed by atoms with E-state index in [9.17, 15) is 9.59 Å². The van der Waals surface area contributed by atoms with Crippen molar-refractivity contribution >= 4 is 28.2 Å². The minimum Gasteiger partial charge on any atom is -0.483 e. The van der Waals surface area contributed by atoms with Gasteiger partial charge < -0.3 is 15.8 Å². The van der Waals surface area contributed by atoms with Gasteiger partial charge in [0.15, 0.2) is 6.61 Å². The van der Waals surface area contributed by atoms with E-state index in [1.54, 1.807) is 0 Å². The lowest BCUT2D eigenvalue weighted by atomic mass is 9.95. The number of para-hydroxylation sites is 1. The van der Waals surface area contributed by atoms with Crippen molar-refractivity contribution in [3.63, 3.8) is 0 Å². The largest absolute Gasteiger partial charge is 0.483 e. The fourth-order valence-electron chi connectivity index (χ4n) is 3.16. The maximum absolute atomic E-state index is 12.3. The molecule has 0 unspecified atom stereocenters. The molecule has 1 aliphatic carbocycles. The van der Waals surface area contributed by atoms with Crippen molar-refractivity contribution in [1.82, 2.24) is 0 Å². The summed E-state index contributed by atoms with van der Waals surface area (Å²) in [6, 6.07) is 7.66. The summed E-state index contributed by atoms with van der Waals surface area (Å²) in [5.41, 5.74) is 8.09. The fraction of sp³-hybridized carbons (Fsp3) is 0.368. The van der Waals surface area contributed by atoms with Gasteiger partial charge >= 0.3 is 0 Å². The first-order valence-corrected chi connectivity index (χ1v) is 9.36. The maximum Gasteiger partial charge on any atom is 0.262 e. The predicted octanol–water partition coefficient (Wildman–Crippen LogP) is 3.31. The van der Waals surface area contributed by atoms with Crippen molar-refractivity contribution in [2.75, 3.05) is 11.9 Å². The average Bonchev–Trinajstić information content (AvgIpc) is 2.98. The fourth-order valence-corrected chi connectivity index (χ4v) is 4.47. The van der Waals surface area contributed by atoms with E-state index in [2.05, 4.69) is 5.32 Å². The van der Waals surface area contributed by atoms with Gasteiger partial charge in [0, 0.05) is 4.88 Å². The summed E-state index contributed by atoms with van der Waals surface area (Å²) in [6.45, 7) is 1.94. The van der Waals surface area contributed by atoms with Crippen LogP contribution in [-0.2, 0) is 24.1 Å². The Morgan fingerprint density at radius 3 is 2.76 bits per heavy atom. The molecule has 0 fully saturated rings. The van der Waals surface area contributed by atoms with E-state index in [1.807, 2.05) is 31.2 Å². The van der Waals surface area contributed by atoms with E-state index in [4.69, 9.17) is 10.5 Å². The number of nitrogens with one attached hydrogen (secondary N) is 1. The summed E-state index contributed by atoms with van der Waals surface area (Å²) in [7, 11) is 0. The molecule has 6 heteroatoms. The number of nitrogens with two attached hydrogens (primary N) is 1. The molecule has 1 heterocycles. The third kappa shape index (κ3) is 3.85. The number of aryl methyl sites for hydroxylation is 2. The molecular formula is C19H22N2O3S. The first-order chi connectivity index (χ1) is 12.1. The molecule has 0 bridgehead atoms. The number of hydrogen-bond donors (Lipinski definition) is 2. The number of ether oxygens (including phenoxy) is 1. The summed E-state index contributed by atoms with van der Waals surface area (Å²) in [6.07, 6.45) is 4.78. The Balaban J connectivity index is 1.71. The molecule has 0 radical (unpaired) electrons. The number of carbonyl (C=O) groups excluding carboxylic acids is 2. The molecule has 0 spiro atoms. The molecule has 3 rings (SSSR count). The third-order valence-electron chi connectivity index (χ3n) is 4.38. The molecule has 2 aromatic rings. The predicted molar refractivity (Wildman–Crippen MR) is 99.4 cm³/mol. The first-order valence-electron chi connectivity index (χ1n) is 8.55. The number of benzene rings is 1. The summed E-state index contributed by atoms with van der Waals surface area (Å²) in [4.78, 5) is 25.3. The number of anilines is 1. The van der Waals surface area contributed by atoms with Crippen LogP contribution in [0, 0.1) is 0 Å². The topological polar surface area (TPSA) is 81.4 Å². The van der Waals surface area contributed by atoms with Gasteiger partial charge in [-0.1, -0.05) is 25.1 Å². The zero-order valence-corrected chi connectivity index (χ0v) is 15.1. The Morgan fingerprint density at radius 1 is 1.24 bits per heavy atom. The SMILES string of the molecule is CCc1ccccc1OCC(=O)Nc1sc2c(c1C(N)=O)CCCC2. The Kier molecular flexibility index (Phi) is 5.38. The first kappa shape index (κ1) is 17.5. The van der Waals surface area contributed by atoms with Crippen LogP contribution in [0.1, 0.15) is 46.1 Å². The van der Waals surface area contributed by atoms with Crippen LogP contribution in [-0.4, -0.2) is 18.4 Å². The monoisotopic (exact) mass is 358 g/mol. The smallest absolute Gasteiger partial charge is 0.262 e. The maximum atomic E-state index is 12.3. The Morgan fingerprint density at radius 2 is 2.00 bits per heavy atom. The summed E-state index contributed by atoms with van der Waals surface area (Å²) < 4.78 is 5.64. The van der Waals surface area contributed by atoms with Crippen molar-refractivity contribution in [2.45, 2.75) is 39.0 Å². The highest BCUT2D eigenvalue weighted by atomic mass is 32.1. The highest BCUT2D eigenvalue weighted by molar-refractivity contribution is 7.17. The van der Waals surface area contributed by atoms with Crippen LogP contribution < -0.4 is 15.8 Å². The Hall–Kier alpha value is -2.34. The number of rotatable bonds is 6. The van der Waals surface area contributed by atoms with Gasteiger partial charge in [-0.3, -0.25) is 9.59 Å². The lowest BCUT2D eigenvalue weighted by Crippen LogP contribution is -2.22. The van der Waals surface area contributed by atoms with Crippen molar-refractivity contribution < 1.29 is 14.3 Å². The van der Waals surface area contributed by atoms with Crippen LogP contribution in [0.25, 0.3) is 0 Å². The molecule has 0 saturated heterocycles. The van der Waals surface area contributed by atoms with E-state index in [0.717, 1.165) is 48.1 Å². The highest BCUT2D eigenvalue weighted by Gasteiger charge is 2.25. The minimum absolute atomic E-state index is 0.0994. The Bertz CT molecular complexity index is 798. The van der Waals surface area contributed by atoms with E-state index in [-0.39, 0.29) is 12.5 Å². The van der Waals surface area contributed by atoms with Crippen molar-refractivity contribution in [1.29, 1.82) is 0 Å². The van der Waals surface area contributed by atoms with E-state index >= 15 is 0 Å². The van der Waals surface area contributed by atoms with Gasteiger partial charge in [-0.15, -0.1) is 11.3 Å². The molecule has 2 amide bonds. The van der Waals surface area contributed by atoms with Gasteiger partial charge in [-0.05, 0) is 49.3 Å². The van der Waals surface area contributed by atoms with Gasteiger partial charge in [0.2, 0.25) is 0 Å². The van der Waals surface area contributed by atoms with E-state index < -0.39 is 5.91 Å². The number of primary amides is 1. The molecule has 1 aromatic carbocycles. The lowest BCUT2D eigenvalue weighted by Gasteiger charge is -2.11. The second-order valence-corrected chi connectivity index (χ2v) is 7.18. The van der Waals surface area contributed by atoms with Gasteiger partial charge in [0.05, 0.1) is 5.56 Å². The van der Waals surface area contributed by atoms with Crippen LogP contribution in [0.2, 0.25) is 0 Å². The van der Waals surface area contributed by atoms with Crippen LogP contribution in [0.4, 0.5) is 5.00 Å². The standard InChI is InChI=1S/C19H22N2O3S/c1-2-12-7-3-5-9-14(12)24-11-16(22)21-19-17(18(20)23)13-8-4-6-10-15(13)25-19/h3,5,7,9H,2,4,6,8,10-11H2,1H3,(H2,20,23)(H,21,22). The second-order valence-electron chi connectivity index (χ2n) is 6.08. The molecular weight excluding hydrogens is 336 g/mol. The summed E-state index contributed by atoms with van der Waals surface area (Å²) in [5, 5.41) is 3.36. The number of hydrogen-bond acceptors (Lipinski definition) is 4.